The van der Waals surface area contributed by atoms with E-state index in [1.807, 2.05) is 0 Å². The molecular formula is C21H22FN3O4S. The summed E-state index contributed by atoms with van der Waals surface area (Å²) in [5.74, 6) is -0.235. The van der Waals surface area contributed by atoms with Gasteiger partial charge in [-0.05, 0) is 62.7 Å². The summed E-state index contributed by atoms with van der Waals surface area (Å²) in [5, 5.41) is 6.75. The van der Waals surface area contributed by atoms with Crippen LogP contribution in [0.4, 0.5) is 4.39 Å². The molecular weight excluding hydrogens is 409 g/mol. The van der Waals surface area contributed by atoms with E-state index >= 15 is 0 Å². The third-order valence-corrected chi connectivity index (χ3v) is 7.41. The van der Waals surface area contributed by atoms with Crippen molar-refractivity contribution in [3.05, 3.63) is 59.7 Å². The molecule has 1 aromatic heterocycles. The number of ketones is 1. The zero-order chi connectivity index (χ0) is 22.1. The third-order valence-electron chi connectivity index (χ3n) is 4.93. The number of H-pyrrole nitrogens is 1. The van der Waals surface area contributed by atoms with E-state index in [0.717, 1.165) is 6.07 Å². The van der Waals surface area contributed by atoms with Crippen LogP contribution in [0, 0.1) is 12.7 Å². The van der Waals surface area contributed by atoms with Gasteiger partial charge in [0, 0.05) is 5.56 Å². The first-order chi connectivity index (χ1) is 14.1. The molecule has 0 saturated carbocycles. The highest BCUT2D eigenvalue weighted by Crippen LogP contribution is 2.29. The van der Waals surface area contributed by atoms with Gasteiger partial charge in [0.25, 0.3) is 0 Å². The number of Topliss-reactive ketones (excluding diaryl/α,β-unsaturated/α-hetero) is 1. The van der Waals surface area contributed by atoms with Crippen LogP contribution >= 0.6 is 0 Å². The molecule has 0 amide bonds. The number of rotatable bonds is 7. The van der Waals surface area contributed by atoms with Gasteiger partial charge < -0.3 is 4.74 Å². The molecule has 0 spiro atoms. The average Bonchev–Trinajstić information content (AvgIpc) is 3.16. The fourth-order valence-corrected chi connectivity index (χ4v) is 4.34. The van der Waals surface area contributed by atoms with Crippen molar-refractivity contribution in [2.24, 2.45) is 0 Å². The predicted octanol–water partition coefficient (Wildman–Crippen LogP) is 3.29. The van der Waals surface area contributed by atoms with Crippen molar-refractivity contribution in [1.29, 1.82) is 0 Å². The molecule has 158 valence electrons. The van der Waals surface area contributed by atoms with Gasteiger partial charge in [0.2, 0.25) is 0 Å². The van der Waals surface area contributed by atoms with Crippen molar-refractivity contribution < 1.29 is 22.3 Å². The topological polar surface area (TPSA) is 102 Å². The number of nitrogens with zero attached hydrogens (tertiary/aromatic N) is 2. The zero-order valence-corrected chi connectivity index (χ0v) is 17.9. The first kappa shape index (κ1) is 21.6. The lowest BCUT2D eigenvalue weighted by molar-refractivity contribution is -0.120. The Morgan fingerprint density at radius 3 is 2.43 bits per heavy atom. The monoisotopic (exact) mass is 431 g/mol. The number of aromatic nitrogens is 3. The van der Waals surface area contributed by atoms with Crippen molar-refractivity contribution in [3.63, 3.8) is 0 Å². The number of aryl methyl sites for hydroxylation is 1. The van der Waals surface area contributed by atoms with Crippen molar-refractivity contribution >= 4 is 15.6 Å². The van der Waals surface area contributed by atoms with Gasteiger partial charge in [0.05, 0.1) is 13.5 Å². The second-order valence-electron chi connectivity index (χ2n) is 7.38. The number of carbonyl (C=O) groups excluding carboxylic acids is 1. The number of sulfone groups is 1. The molecule has 0 aliphatic rings. The molecule has 0 aliphatic heterocycles. The number of benzene rings is 2. The van der Waals surface area contributed by atoms with E-state index in [1.54, 1.807) is 38.3 Å². The lowest BCUT2D eigenvalue weighted by Gasteiger charge is -2.23. The minimum atomic E-state index is -4.26. The lowest BCUT2D eigenvalue weighted by Crippen LogP contribution is -2.42. The number of carbonyl (C=O) groups is 1. The highest BCUT2D eigenvalue weighted by atomic mass is 32.2. The van der Waals surface area contributed by atoms with Crippen LogP contribution in [0.25, 0.3) is 11.4 Å². The molecule has 1 heterocycles. The van der Waals surface area contributed by atoms with Gasteiger partial charge in [-0.2, -0.15) is 5.10 Å². The Hall–Kier alpha value is -3.07. The zero-order valence-electron chi connectivity index (χ0n) is 17.1. The quantitative estimate of drug-likeness (QED) is 0.616. The van der Waals surface area contributed by atoms with Crippen molar-refractivity contribution in [2.45, 2.75) is 36.8 Å². The van der Waals surface area contributed by atoms with Gasteiger partial charge in [-0.15, -0.1) is 0 Å². The molecule has 7 nitrogen and oxygen atoms in total. The van der Waals surface area contributed by atoms with Crippen LogP contribution in [-0.4, -0.2) is 41.2 Å². The van der Waals surface area contributed by atoms with Gasteiger partial charge in [-0.25, -0.2) is 17.8 Å². The van der Waals surface area contributed by atoms with Crippen molar-refractivity contribution in [2.75, 3.05) is 7.11 Å². The second-order valence-corrected chi connectivity index (χ2v) is 9.85. The second kappa shape index (κ2) is 7.98. The highest BCUT2D eigenvalue weighted by molar-refractivity contribution is 7.93. The van der Waals surface area contributed by atoms with Crippen LogP contribution in [0.5, 0.6) is 5.75 Å². The van der Waals surface area contributed by atoms with Gasteiger partial charge in [0.15, 0.2) is 21.4 Å². The molecule has 2 aromatic carbocycles. The van der Waals surface area contributed by atoms with E-state index < -0.39 is 31.1 Å². The number of nitrogens with one attached hydrogen (secondary N) is 1. The van der Waals surface area contributed by atoms with Crippen LogP contribution < -0.4 is 4.74 Å². The van der Waals surface area contributed by atoms with E-state index in [0.29, 0.717) is 22.7 Å². The number of methoxy groups -OCH3 is 1. The summed E-state index contributed by atoms with van der Waals surface area (Å²) in [6.45, 7) is 4.19. The Kier molecular flexibility index (Phi) is 5.76. The molecule has 3 aromatic rings. The first-order valence-electron chi connectivity index (χ1n) is 9.16. The lowest BCUT2D eigenvalue weighted by atomic mass is 10.1. The number of halogens is 1. The molecule has 0 radical (unpaired) electrons. The molecule has 0 saturated heterocycles. The maximum atomic E-state index is 14.3. The molecule has 0 bridgehead atoms. The normalized spacial score (nSPS) is 12.0. The van der Waals surface area contributed by atoms with Crippen LogP contribution in [0.2, 0.25) is 0 Å². The standard InChI is InChI=1S/C21H22FN3O4S/c1-13-5-10-17(16(22)11-13)30(27,28)21(2,3)18(26)12-19-23-20(25-24-19)14-6-8-15(29-4)9-7-14/h5-11H,12H2,1-4H3,(H,23,24,25). The molecule has 1 N–H and O–H groups in total. The van der Waals surface area contributed by atoms with E-state index in [4.69, 9.17) is 4.74 Å². The van der Waals surface area contributed by atoms with Gasteiger partial charge in [-0.1, -0.05) is 6.07 Å². The fraction of sp³-hybridized carbons (Fsp3) is 0.286. The first-order valence-corrected chi connectivity index (χ1v) is 10.6. The molecule has 30 heavy (non-hydrogen) atoms. The molecule has 9 heteroatoms. The maximum absolute atomic E-state index is 14.3. The van der Waals surface area contributed by atoms with Crippen molar-refractivity contribution in [1.82, 2.24) is 15.2 Å². The highest BCUT2D eigenvalue weighted by Gasteiger charge is 2.43. The average molecular weight is 431 g/mol. The SMILES string of the molecule is COc1ccc(-c2n[nH]c(CC(=O)C(C)(C)S(=O)(=O)c3ccc(C)cc3F)n2)cc1. The Morgan fingerprint density at radius 1 is 1.17 bits per heavy atom. The number of ether oxygens (including phenoxy) is 1. The predicted molar refractivity (Wildman–Crippen MR) is 109 cm³/mol. The fourth-order valence-electron chi connectivity index (χ4n) is 2.86. The Labute approximate surface area is 174 Å². The molecule has 0 fully saturated rings. The minimum absolute atomic E-state index is 0.221. The summed E-state index contributed by atoms with van der Waals surface area (Å²) in [6, 6.07) is 10.8. The summed E-state index contributed by atoms with van der Waals surface area (Å²) < 4.78 is 43.5. The number of hydrogen-bond donors (Lipinski definition) is 1. The van der Waals surface area contributed by atoms with Crippen LogP contribution in [0.3, 0.4) is 0 Å². The van der Waals surface area contributed by atoms with Gasteiger partial charge in [-0.3, -0.25) is 9.89 Å². The summed E-state index contributed by atoms with van der Waals surface area (Å²) in [7, 11) is -2.70. The largest absolute Gasteiger partial charge is 0.497 e. The van der Waals surface area contributed by atoms with E-state index in [2.05, 4.69) is 15.2 Å². The summed E-state index contributed by atoms with van der Waals surface area (Å²) in [6.07, 6.45) is -0.289. The van der Waals surface area contributed by atoms with E-state index in [1.165, 1.54) is 26.0 Å². The minimum Gasteiger partial charge on any atom is -0.497 e. The molecule has 0 aliphatic carbocycles. The summed E-state index contributed by atoms with van der Waals surface area (Å²) in [5.41, 5.74) is 1.29. The number of hydrogen-bond acceptors (Lipinski definition) is 6. The van der Waals surface area contributed by atoms with Crippen LogP contribution in [0.1, 0.15) is 25.2 Å². The van der Waals surface area contributed by atoms with E-state index in [-0.39, 0.29) is 12.2 Å². The summed E-state index contributed by atoms with van der Waals surface area (Å²) in [4.78, 5) is 16.6. The van der Waals surface area contributed by atoms with Crippen LogP contribution in [0.15, 0.2) is 47.4 Å². The van der Waals surface area contributed by atoms with Gasteiger partial charge in [0.1, 0.15) is 27.0 Å². The van der Waals surface area contributed by atoms with Gasteiger partial charge >= 0.3 is 0 Å². The third kappa shape index (κ3) is 3.97. The molecule has 0 unspecified atom stereocenters. The number of aromatic amines is 1. The summed E-state index contributed by atoms with van der Waals surface area (Å²) >= 11 is 0. The molecule has 3 rings (SSSR count). The Morgan fingerprint density at radius 2 is 1.83 bits per heavy atom. The Balaban J connectivity index is 1.83. The van der Waals surface area contributed by atoms with Crippen LogP contribution in [-0.2, 0) is 21.1 Å². The maximum Gasteiger partial charge on any atom is 0.193 e. The van der Waals surface area contributed by atoms with Crippen molar-refractivity contribution in [3.8, 4) is 17.1 Å². The van der Waals surface area contributed by atoms with E-state index in [9.17, 15) is 17.6 Å². The smallest absolute Gasteiger partial charge is 0.193 e. The molecule has 0 atom stereocenters. The Bertz CT molecular complexity index is 1190.